The van der Waals surface area contributed by atoms with E-state index in [1.807, 2.05) is 14.0 Å². The third-order valence-corrected chi connectivity index (χ3v) is 4.08. The molecule has 0 amide bonds. The molecule has 8 heteroatoms. The second kappa shape index (κ2) is 8.03. The number of hydrogen-bond donors (Lipinski definition) is 2. The van der Waals surface area contributed by atoms with E-state index < -0.39 is 10.2 Å². The van der Waals surface area contributed by atoms with E-state index in [-0.39, 0.29) is 0 Å². The van der Waals surface area contributed by atoms with Crippen LogP contribution < -0.4 is 14.8 Å². The van der Waals surface area contributed by atoms with Crippen molar-refractivity contribution in [3.05, 3.63) is 18.3 Å². The summed E-state index contributed by atoms with van der Waals surface area (Å²) in [6.45, 7) is 3.59. The van der Waals surface area contributed by atoms with Gasteiger partial charge < -0.3 is 10.1 Å². The quantitative estimate of drug-likeness (QED) is 0.655. The highest BCUT2D eigenvalue weighted by molar-refractivity contribution is 7.90. The molecule has 0 aliphatic heterocycles. The van der Waals surface area contributed by atoms with E-state index in [0.717, 1.165) is 13.0 Å². The van der Waals surface area contributed by atoms with Gasteiger partial charge in [-0.05, 0) is 33.0 Å². The van der Waals surface area contributed by atoms with Gasteiger partial charge in [-0.1, -0.05) is 0 Å². The van der Waals surface area contributed by atoms with Crippen LogP contribution in [0.25, 0.3) is 0 Å². The molecular weight excluding hydrogens is 280 g/mol. The van der Waals surface area contributed by atoms with Crippen LogP contribution in [0.15, 0.2) is 18.3 Å². The smallest absolute Gasteiger partial charge is 0.301 e. The van der Waals surface area contributed by atoms with Crippen LogP contribution in [-0.2, 0) is 10.2 Å². The summed E-state index contributed by atoms with van der Waals surface area (Å²) < 4.78 is 33.0. The Morgan fingerprint density at radius 3 is 2.70 bits per heavy atom. The zero-order chi connectivity index (χ0) is 15.0. The number of rotatable bonds is 9. The molecule has 1 aromatic rings. The molecule has 0 spiro atoms. The van der Waals surface area contributed by atoms with Crippen molar-refractivity contribution in [2.75, 3.05) is 38.5 Å². The van der Waals surface area contributed by atoms with Crippen LogP contribution in [0.2, 0.25) is 0 Å². The minimum Gasteiger partial charge on any atom is -0.478 e. The van der Waals surface area contributed by atoms with Gasteiger partial charge in [0.25, 0.3) is 0 Å². The zero-order valence-corrected chi connectivity index (χ0v) is 12.9. The van der Waals surface area contributed by atoms with Crippen molar-refractivity contribution in [1.29, 1.82) is 0 Å². The molecule has 0 aliphatic carbocycles. The summed E-state index contributed by atoms with van der Waals surface area (Å²) in [6.07, 6.45) is 2.18. The first-order valence-corrected chi connectivity index (χ1v) is 7.91. The van der Waals surface area contributed by atoms with Gasteiger partial charge in [-0.25, -0.2) is 4.98 Å². The molecule has 0 saturated heterocycles. The molecule has 0 aliphatic rings. The Hall–Kier alpha value is -1.38. The summed E-state index contributed by atoms with van der Waals surface area (Å²) in [7, 11) is -0.171. The molecule has 0 radical (unpaired) electrons. The number of ether oxygens (including phenoxy) is 1. The summed E-state index contributed by atoms with van der Waals surface area (Å²) in [5.74, 6) is 0.470. The Balaban J connectivity index is 2.60. The van der Waals surface area contributed by atoms with Gasteiger partial charge in [-0.3, -0.25) is 4.72 Å². The average molecular weight is 302 g/mol. The van der Waals surface area contributed by atoms with Crippen molar-refractivity contribution in [2.24, 2.45) is 0 Å². The molecule has 0 saturated carbocycles. The highest BCUT2D eigenvalue weighted by Gasteiger charge is 2.17. The van der Waals surface area contributed by atoms with Crippen molar-refractivity contribution < 1.29 is 13.2 Å². The van der Waals surface area contributed by atoms with Crippen LogP contribution in [0.3, 0.4) is 0 Å². The van der Waals surface area contributed by atoms with Crippen molar-refractivity contribution >= 4 is 15.9 Å². The minimum atomic E-state index is -3.54. The van der Waals surface area contributed by atoms with Gasteiger partial charge in [0.05, 0.1) is 18.5 Å². The molecule has 1 heterocycles. The first-order chi connectivity index (χ1) is 9.49. The van der Waals surface area contributed by atoms with E-state index in [9.17, 15) is 8.42 Å². The molecule has 1 rings (SSSR count). The van der Waals surface area contributed by atoms with Gasteiger partial charge in [0.15, 0.2) is 0 Å². The van der Waals surface area contributed by atoms with E-state index in [2.05, 4.69) is 15.0 Å². The third-order valence-electron chi connectivity index (χ3n) is 2.59. The summed E-state index contributed by atoms with van der Waals surface area (Å²) in [4.78, 5) is 4.01. The molecular formula is C12H22N4O3S. The Morgan fingerprint density at radius 2 is 2.15 bits per heavy atom. The Morgan fingerprint density at radius 1 is 1.40 bits per heavy atom. The lowest BCUT2D eigenvalue weighted by molar-refractivity contribution is 0.327. The second-order valence-corrected chi connectivity index (χ2v) is 5.98. The maximum Gasteiger partial charge on any atom is 0.301 e. The van der Waals surface area contributed by atoms with Crippen LogP contribution in [0.5, 0.6) is 5.88 Å². The number of nitrogens with one attached hydrogen (secondary N) is 2. The minimum absolute atomic E-state index is 0.411. The molecule has 0 bridgehead atoms. The van der Waals surface area contributed by atoms with Gasteiger partial charge >= 0.3 is 10.2 Å². The SMILES string of the molecule is CCOc1ccc(NS(=O)(=O)N(C)CCCNC)cn1. The summed E-state index contributed by atoms with van der Waals surface area (Å²) in [5.41, 5.74) is 0.411. The fraction of sp³-hybridized carbons (Fsp3) is 0.583. The summed E-state index contributed by atoms with van der Waals surface area (Å²) in [6, 6.07) is 3.25. The normalized spacial score (nSPS) is 11.6. The van der Waals surface area contributed by atoms with Gasteiger partial charge in [0.1, 0.15) is 0 Å². The fourth-order valence-corrected chi connectivity index (χ4v) is 2.44. The molecule has 2 N–H and O–H groups in total. The van der Waals surface area contributed by atoms with Crippen LogP contribution >= 0.6 is 0 Å². The predicted octanol–water partition coefficient (Wildman–Crippen LogP) is 0.678. The van der Waals surface area contributed by atoms with Crippen molar-refractivity contribution in [3.8, 4) is 5.88 Å². The molecule has 7 nitrogen and oxygen atoms in total. The van der Waals surface area contributed by atoms with E-state index in [4.69, 9.17) is 4.74 Å². The number of pyridine rings is 1. The number of anilines is 1. The topological polar surface area (TPSA) is 83.6 Å². The Kier molecular flexibility index (Phi) is 6.69. The Labute approximate surface area is 120 Å². The van der Waals surface area contributed by atoms with E-state index in [1.165, 1.54) is 10.5 Å². The summed E-state index contributed by atoms with van der Waals surface area (Å²) in [5, 5.41) is 2.98. The van der Waals surface area contributed by atoms with Gasteiger partial charge in [0, 0.05) is 19.7 Å². The maximum atomic E-state index is 12.0. The van der Waals surface area contributed by atoms with Crippen molar-refractivity contribution in [3.63, 3.8) is 0 Å². The van der Waals surface area contributed by atoms with Crippen LogP contribution in [0, 0.1) is 0 Å². The van der Waals surface area contributed by atoms with Gasteiger partial charge in [0.2, 0.25) is 5.88 Å². The maximum absolute atomic E-state index is 12.0. The lowest BCUT2D eigenvalue weighted by Crippen LogP contribution is -2.34. The number of nitrogens with zero attached hydrogens (tertiary/aromatic N) is 2. The number of hydrogen-bond acceptors (Lipinski definition) is 5. The lowest BCUT2D eigenvalue weighted by Gasteiger charge is -2.18. The monoisotopic (exact) mass is 302 g/mol. The summed E-state index contributed by atoms with van der Waals surface area (Å²) >= 11 is 0. The highest BCUT2D eigenvalue weighted by atomic mass is 32.2. The first kappa shape index (κ1) is 16.7. The largest absolute Gasteiger partial charge is 0.478 e. The second-order valence-electron chi connectivity index (χ2n) is 4.20. The Bertz CT molecular complexity index is 490. The standard InChI is InChI=1S/C12H22N4O3S/c1-4-19-12-7-6-11(10-14-12)15-20(17,18)16(3)9-5-8-13-2/h6-7,10,13,15H,4-5,8-9H2,1-3H3. The first-order valence-electron chi connectivity index (χ1n) is 6.47. The lowest BCUT2D eigenvalue weighted by atomic mass is 10.4. The number of aromatic nitrogens is 1. The molecule has 0 aromatic carbocycles. The van der Waals surface area contributed by atoms with Crippen molar-refractivity contribution in [1.82, 2.24) is 14.6 Å². The molecule has 0 atom stereocenters. The zero-order valence-electron chi connectivity index (χ0n) is 12.1. The molecule has 114 valence electrons. The van der Waals surface area contributed by atoms with Crippen LogP contribution in [0.4, 0.5) is 5.69 Å². The van der Waals surface area contributed by atoms with E-state index in [1.54, 1.807) is 19.2 Å². The predicted molar refractivity (Wildman–Crippen MR) is 79.1 cm³/mol. The van der Waals surface area contributed by atoms with Gasteiger partial charge in [-0.15, -0.1) is 0 Å². The molecule has 1 aromatic heterocycles. The van der Waals surface area contributed by atoms with E-state index >= 15 is 0 Å². The fourth-order valence-electron chi connectivity index (χ4n) is 1.50. The van der Waals surface area contributed by atoms with Crippen LogP contribution in [-0.4, -0.2) is 51.5 Å². The molecule has 0 unspecified atom stereocenters. The van der Waals surface area contributed by atoms with Crippen LogP contribution in [0.1, 0.15) is 13.3 Å². The third kappa shape index (κ3) is 5.32. The highest BCUT2D eigenvalue weighted by Crippen LogP contribution is 2.14. The molecule has 0 fully saturated rings. The van der Waals surface area contributed by atoms with Gasteiger partial charge in [-0.2, -0.15) is 12.7 Å². The average Bonchev–Trinajstić information content (AvgIpc) is 2.41. The van der Waals surface area contributed by atoms with Crippen molar-refractivity contribution in [2.45, 2.75) is 13.3 Å². The molecule has 20 heavy (non-hydrogen) atoms. The van der Waals surface area contributed by atoms with E-state index in [0.29, 0.717) is 24.7 Å².